The number of non-ortho nitro benzene ring substituents is 1. The highest BCUT2D eigenvalue weighted by Gasteiger charge is 2.13. The Morgan fingerprint density at radius 2 is 1.74 bits per heavy atom. The van der Waals surface area contributed by atoms with Crippen LogP contribution in [-0.2, 0) is 6.61 Å². The van der Waals surface area contributed by atoms with E-state index in [1.165, 1.54) is 32.4 Å². The highest BCUT2D eigenvalue weighted by atomic mass is 16.6. The van der Waals surface area contributed by atoms with Crippen LogP contribution in [0.5, 0.6) is 17.2 Å². The van der Waals surface area contributed by atoms with Crippen molar-refractivity contribution in [3.8, 4) is 17.2 Å². The van der Waals surface area contributed by atoms with Gasteiger partial charge in [-0.3, -0.25) is 14.9 Å². The Bertz CT molecular complexity index is 729. The molecule has 0 saturated carbocycles. The van der Waals surface area contributed by atoms with Gasteiger partial charge in [0, 0.05) is 23.3 Å². The predicted octanol–water partition coefficient (Wildman–Crippen LogP) is 3.00. The van der Waals surface area contributed by atoms with Crippen LogP contribution < -0.4 is 14.2 Å². The van der Waals surface area contributed by atoms with Gasteiger partial charge in [-0.1, -0.05) is 0 Å². The Kier molecular flexibility index (Phi) is 5.14. The molecule has 0 aliphatic carbocycles. The summed E-state index contributed by atoms with van der Waals surface area (Å²) in [6.07, 6.45) is 0.704. The monoisotopic (exact) mass is 317 g/mol. The smallest absolute Gasteiger partial charge is 0.270 e. The molecular formula is C16H15NO6. The number of ether oxygens (including phenoxy) is 3. The summed E-state index contributed by atoms with van der Waals surface area (Å²) in [6, 6.07) is 9.02. The Morgan fingerprint density at radius 1 is 1.04 bits per heavy atom. The third-order valence-electron chi connectivity index (χ3n) is 3.18. The SMILES string of the molecule is COc1ccc([N+](=O)[O-])cc1COc1ccc(C=O)cc1OC. The van der Waals surface area contributed by atoms with E-state index in [0.29, 0.717) is 34.7 Å². The molecule has 0 aliphatic rings. The summed E-state index contributed by atoms with van der Waals surface area (Å²) < 4.78 is 16.0. The number of nitro benzene ring substituents is 1. The Balaban J connectivity index is 2.25. The van der Waals surface area contributed by atoms with Crippen molar-refractivity contribution in [2.24, 2.45) is 0 Å². The predicted molar refractivity (Wildman–Crippen MR) is 82.4 cm³/mol. The van der Waals surface area contributed by atoms with Crippen LogP contribution in [0.4, 0.5) is 5.69 Å². The quantitative estimate of drug-likeness (QED) is 0.443. The van der Waals surface area contributed by atoms with Crippen molar-refractivity contribution in [3.63, 3.8) is 0 Å². The first-order valence-corrected chi connectivity index (χ1v) is 6.66. The van der Waals surface area contributed by atoms with E-state index >= 15 is 0 Å². The second-order valence-corrected chi connectivity index (χ2v) is 4.57. The van der Waals surface area contributed by atoms with Crippen LogP contribution >= 0.6 is 0 Å². The molecule has 0 atom stereocenters. The van der Waals surface area contributed by atoms with E-state index in [4.69, 9.17) is 14.2 Å². The lowest BCUT2D eigenvalue weighted by Gasteiger charge is -2.13. The second-order valence-electron chi connectivity index (χ2n) is 4.57. The maximum atomic E-state index is 10.9. The lowest BCUT2D eigenvalue weighted by Crippen LogP contribution is -2.01. The van der Waals surface area contributed by atoms with E-state index in [0.717, 1.165) is 0 Å². The van der Waals surface area contributed by atoms with Crippen molar-refractivity contribution in [1.29, 1.82) is 0 Å². The van der Waals surface area contributed by atoms with E-state index < -0.39 is 4.92 Å². The summed E-state index contributed by atoms with van der Waals surface area (Å²) in [5.41, 5.74) is 0.943. The molecule has 0 saturated heterocycles. The molecule has 0 heterocycles. The van der Waals surface area contributed by atoms with Gasteiger partial charge in [0.05, 0.1) is 19.1 Å². The normalized spacial score (nSPS) is 10.0. The lowest BCUT2D eigenvalue weighted by molar-refractivity contribution is -0.385. The van der Waals surface area contributed by atoms with Gasteiger partial charge in [-0.15, -0.1) is 0 Å². The Hall–Kier alpha value is -3.09. The number of hydrogen-bond donors (Lipinski definition) is 0. The number of carbonyl (C=O) groups is 1. The van der Waals surface area contributed by atoms with Crippen LogP contribution in [-0.4, -0.2) is 25.4 Å². The van der Waals surface area contributed by atoms with Crippen LogP contribution in [0.3, 0.4) is 0 Å². The summed E-state index contributed by atoms with van der Waals surface area (Å²) in [6.45, 7) is 0.0572. The van der Waals surface area contributed by atoms with Crippen LogP contribution in [0.15, 0.2) is 36.4 Å². The molecule has 2 rings (SSSR count). The molecule has 120 valence electrons. The molecule has 23 heavy (non-hydrogen) atoms. The van der Waals surface area contributed by atoms with Gasteiger partial charge in [0.25, 0.3) is 5.69 Å². The highest BCUT2D eigenvalue weighted by Crippen LogP contribution is 2.30. The number of nitro groups is 1. The van der Waals surface area contributed by atoms with E-state index in [2.05, 4.69) is 0 Å². The van der Waals surface area contributed by atoms with Crippen molar-refractivity contribution >= 4 is 12.0 Å². The van der Waals surface area contributed by atoms with Gasteiger partial charge in [0.1, 0.15) is 18.6 Å². The summed E-state index contributed by atoms with van der Waals surface area (Å²) in [5, 5.41) is 10.9. The highest BCUT2D eigenvalue weighted by molar-refractivity contribution is 5.76. The molecule has 0 radical (unpaired) electrons. The molecule has 2 aromatic carbocycles. The molecule has 2 aromatic rings. The van der Waals surface area contributed by atoms with Gasteiger partial charge >= 0.3 is 0 Å². The zero-order valence-electron chi connectivity index (χ0n) is 12.6. The number of aldehydes is 1. The van der Waals surface area contributed by atoms with E-state index in [1.54, 1.807) is 18.2 Å². The zero-order valence-corrected chi connectivity index (χ0v) is 12.6. The minimum atomic E-state index is -0.484. The second kappa shape index (κ2) is 7.26. The van der Waals surface area contributed by atoms with Gasteiger partial charge < -0.3 is 14.2 Å². The third kappa shape index (κ3) is 3.76. The number of methoxy groups -OCH3 is 2. The fourth-order valence-electron chi connectivity index (χ4n) is 2.02. The number of hydrogen-bond acceptors (Lipinski definition) is 6. The van der Waals surface area contributed by atoms with Crippen LogP contribution in [0, 0.1) is 10.1 Å². The molecule has 7 nitrogen and oxygen atoms in total. The van der Waals surface area contributed by atoms with Gasteiger partial charge in [-0.2, -0.15) is 0 Å². The zero-order chi connectivity index (χ0) is 16.8. The summed E-state index contributed by atoms with van der Waals surface area (Å²) in [4.78, 5) is 21.2. The number of rotatable bonds is 7. The van der Waals surface area contributed by atoms with Gasteiger partial charge in [-0.05, 0) is 24.3 Å². The molecule has 0 bridgehead atoms. The maximum Gasteiger partial charge on any atom is 0.270 e. The summed E-state index contributed by atoms with van der Waals surface area (Å²) in [7, 11) is 2.94. The third-order valence-corrected chi connectivity index (χ3v) is 3.18. The van der Waals surface area contributed by atoms with Crippen molar-refractivity contribution in [2.75, 3.05) is 14.2 Å². The molecule has 0 N–H and O–H groups in total. The van der Waals surface area contributed by atoms with Gasteiger partial charge in [0.15, 0.2) is 11.5 Å². The topological polar surface area (TPSA) is 87.9 Å². The van der Waals surface area contributed by atoms with Crippen molar-refractivity contribution < 1.29 is 23.9 Å². The molecule has 0 fully saturated rings. The minimum absolute atomic E-state index is 0.0485. The Morgan fingerprint density at radius 3 is 2.35 bits per heavy atom. The van der Waals surface area contributed by atoms with Crippen molar-refractivity contribution in [2.45, 2.75) is 6.61 Å². The molecule has 0 aromatic heterocycles. The molecule has 0 unspecified atom stereocenters. The molecular weight excluding hydrogens is 302 g/mol. The molecule has 0 amide bonds. The van der Waals surface area contributed by atoms with E-state index in [-0.39, 0.29) is 12.3 Å². The maximum absolute atomic E-state index is 10.9. The largest absolute Gasteiger partial charge is 0.496 e. The van der Waals surface area contributed by atoms with Gasteiger partial charge in [-0.25, -0.2) is 0 Å². The summed E-state index contributed by atoms with van der Waals surface area (Å²) >= 11 is 0. The number of nitrogens with zero attached hydrogens (tertiary/aromatic N) is 1. The first kappa shape index (κ1) is 16.3. The number of benzene rings is 2. The average molecular weight is 317 g/mol. The average Bonchev–Trinajstić information content (AvgIpc) is 2.59. The van der Waals surface area contributed by atoms with Crippen LogP contribution in [0.1, 0.15) is 15.9 Å². The number of carbonyl (C=O) groups excluding carboxylic acids is 1. The molecule has 0 spiro atoms. The fraction of sp³-hybridized carbons (Fsp3) is 0.188. The van der Waals surface area contributed by atoms with Crippen LogP contribution in [0.25, 0.3) is 0 Å². The van der Waals surface area contributed by atoms with Crippen molar-refractivity contribution in [1.82, 2.24) is 0 Å². The van der Waals surface area contributed by atoms with E-state index in [9.17, 15) is 14.9 Å². The standard InChI is InChI=1S/C16H15NO6/c1-21-14-6-4-13(17(19)20)8-12(14)10-23-15-5-3-11(9-18)7-16(15)22-2/h3-9H,10H2,1-2H3. The van der Waals surface area contributed by atoms with E-state index in [1.807, 2.05) is 0 Å². The van der Waals surface area contributed by atoms with Crippen LogP contribution in [0.2, 0.25) is 0 Å². The lowest BCUT2D eigenvalue weighted by atomic mass is 10.2. The minimum Gasteiger partial charge on any atom is -0.496 e. The molecule has 0 aliphatic heterocycles. The Labute approximate surface area is 132 Å². The first-order valence-electron chi connectivity index (χ1n) is 6.66. The fourth-order valence-corrected chi connectivity index (χ4v) is 2.02. The first-order chi connectivity index (χ1) is 11.1. The van der Waals surface area contributed by atoms with Crippen molar-refractivity contribution in [3.05, 3.63) is 57.6 Å². The van der Waals surface area contributed by atoms with Gasteiger partial charge in [0.2, 0.25) is 0 Å². The molecule has 7 heteroatoms. The summed E-state index contributed by atoms with van der Waals surface area (Å²) in [5.74, 6) is 1.31.